The molecule has 0 spiro atoms. The number of rotatable bonds is 2. The Hall–Kier alpha value is -1.65. The normalized spacial score (nSPS) is 20.8. The third-order valence-electron chi connectivity index (χ3n) is 2.76. The molecule has 2 heterocycles. The van der Waals surface area contributed by atoms with Gasteiger partial charge in [-0.25, -0.2) is 9.97 Å². The third-order valence-corrected chi connectivity index (χ3v) is 2.76. The van der Waals surface area contributed by atoms with Gasteiger partial charge in [0.15, 0.2) is 0 Å². The van der Waals surface area contributed by atoms with E-state index < -0.39 is 0 Å². The molecule has 16 heavy (non-hydrogen) atoms. The number of piperazine rings is 1. The van der Waals surface area contributed by atoms with Crippen LogP contribution in [0.2, 0.25) is 0 Å². The molecule has 5 nitrogen and oxygen atoms in total. The number of carbonyl (C=O) groups is 1. The van der Waals surface area contributed by atoms with Gasteiger partial charge in [-0.15, -0.1) is 0 Å². The average Bonchev–Trinajstić information content (AvgIpc) is 2.28. The number of anilines is 1. The molecule has 1 aromatic rings. The van der Waals surface area contributed by atoms with E-state index in [0.717, 1.165) is 18.7 Å². The van der Waals surface area contributed by atoms with E-state index in [1.165, 1.54) is 0 Å². The largest absolute Gasteiger partial charge is 0.353 e. The van der Waals surface area contributed by atoms with Gasteiger partial charge in [0.05, 0.1) is 0 Å². The van der Waals surface area contributed by atoms with Crippen LogP contribution in [0.5, 0.6) is 0 Å². The van der Waals surface area contributed by atoms with Crippen molar-refractivity contribution in [3.63, 3.8) is 0 Å². The zero-order chi connectivity index (χ0) is 11.5. The Balaban J connectivity index is 2.27. The SMILES string of the molecule is CC[C@H]1C(=O)NCCN1c1nccc(C)n1. The smallest absolute Gasteiger partial charge is 0.242 e. The average molecular weight is 220 g/mol. The Morgan fingerprint density at radius 2 is 2.44 bits per heavy atom. The van der Waals surface area contributed by atoms with Crippen LogP contribution in [-0.4, -0.2) is 35.0 Å². The van der Waals surface area contributed by atoms with Crippen molar-refractivity contribution in [3.05, 3.63) is 18.0 Å². The molecule has 2 rings (SSSR count). The summed E-state index contributed by atoms with van der Waals surface area (Å²) in [5.41, 5.74) is 0.922. The molecule has 1 aliphatic rings. The zero-order valence-corrected chi connectivity index (χ0v) is 9.60. The summed E-state index contributed by atoms with van der Waals surface area (Å²) in [6, 6.07) is 1.71. The summed E-state index contributed by atoms with van der Waals surface area (Å²) < 4.78 is 0. The van der Waals surface area contributed by atoms with Gasteiger partial charge in [-0.05, 0) is 19.4 Å². The highest BCUT2D eigenvalue weighted by atomic mass is 16.2. The fourth-order valence-corrected chi connectivity index (χ4v) is 1.93. The van der Waals surface area contributed by atoms with Crippen molar-refractivity contribution in [2.24, 2.45) is 0 Å². The van der Waals surface area contributed by atoms with E-state index in [9.17, 15) is 4.79 Å². The number of carbonyl (C=O) groups excluding carboxylic acids is 1. The van der Waals surface area contributed by atoms with E-state index in [1.807, 2.05) is 24.8 Å². The van der Waals surface area contributed by atoms with Gasteiger partial charge in [-0.1, -0.05) is 6.92 Å². The molecular weight excluding hydrogens is 204 g/mol. The molecule has 1 saturated heterocycles. The fraction of sp³-hybridized carbons (Fsp3) is 0.545. The quantitative estimate of drug-likeness (QED) is 0.788. The van der Waals surface area contributed by atoms with Crippen LogP contribution < -0.4 is 10.2 Å². The number of amides is 1. The molecule has 5 heteroatoms. The van der Waals surface area contributed by atoms with Crippen molar-refractivity contribution in [3.8, 4) is 0 Å². The molecule has 86 valence electrons. The highest BCUT2D eigenvalue weighted by Crippen LogP contribution is 2.15. The first-order chi connectivity index (χ1) is 7.72. The van der Waals surface area contributed by atoms with Crippen LogP contribution in [0.15, 0.2) is 12.3 Å². The lowest BCUT2D eigenvalue weighted by Crippen LogP contribution is -2.55. The zero-order valence-electron chi connectivity index (χ0n) is 9.60. The van der Waals surface area contributed by atoms with Crippen LogP contribution in [0.4, 0.5) is 5.95 Å². The number of hydrogen-bond donors (Lipinski definition) is 1. The summed E-state index contributed by atoms with van der Waals surface area (Å²) in [6.07, 6.45) is 2.50. The summed E-state index contributed by atoms with van der Waals surface area (Å²) in [5.74, 6) is 0.723. The number of aromatic nitrogens is 2. The van der Waals surface area contributed by atoms with Crippen LogP contribution in [0.3, 0.4) is 0 Å². The fourth-order valence-electron chi connectivity index (χ4n) is 1.93. The molecule has 0 bridgehead atoms. The maximum Gasteiger partial charge on any atom is 0.242 e. The molecule has 1 amide bonds. The second-order valence-electron chi connectivity index (χ2n) is 3.91. The van der Waals surface area contributed by atoms with Crippen molar-refractivity contribution < 1.29 is 4.79 Å². The maximum atomic E-state index is 11.7. The van der Waals surface area contributed by atoms with Gasteiger partial charge in [0.1, 0.15) is 6.04 Å². The highest BCUT2D eigenvalue weighted by Gasteiger charge is 2.29. The van der Waals surface area contributed by atoms with Crippen LogP contribution in [0.25, 0.3) is 0 Å². The van der Waals surface area contributed by atoms with E-state index in [-0.39, 0.29) is 11.9 Å². The van der Waals surface area contributed by atoms with Crippen molar-refractivity contribution >= 4 is 11.9 Å². The number of nitrogens with zero attached hydrogens (tertiary/aromatic N) is 3. The van der Waals surface area contributed by atoms with Gasteiger partial charge in [-0.3, -0.25) is 4.79 Å². The molecule has 0 radical (unpaired) electrons. The molecule has 1 fully saturated rings. The van der Waals surface area contributed by atoms with E-state index in [4.69, 9.17) is 0 Å². The Morgan fingerprint density at radius 1 is 1.62 bits per heavy atom. The minimum absolute atomic E-state index is 0.0684. The molecule has 1 atom stereocenters. The summed E-state index contributed by atoms with van der Waals surface area (Å²) in [4.78, 5) is 22.3. The molecule has 1 aliphatic heterocycles. The summed E-state index contributed by atoms with van der Waals surface area (Å²) in [6.45, 7) is 5.36. The number of hydrogen-bond acceptors (Lipinski definition) is 4. The standard InChI is InChI=1S/C11H16N4O/c1-3-9-10(16)12-6-7-15(9)11-13-5-4-8(2)14-11/h4-5,9H,3,6-7H2,1-2H3,(H,12,16)/t9-/m0/s1. The van der Waals surface area contributed by atoms with E-state index in [1.54, 1.807) is 6.20 Å². The molecule has 1 N–H and O–H groups in total. The minimum atomic E-state index is -0.143. The first kappa shape index (κ1) is 10.9. The molecule has 1 aromatic heterocycles. The van der Waals surface area contributed by atoms with Crippen molar-refractivity contribution in [2.75, 3.05) is 18.0 Å². The monoisotopic (exact) mass is 220 g/mol. The Labute approximate surface area is 94.9 Å². The lowest BCUT2D eigenvalue weighted by molar-refractivity contribution is -0.123. The summed E-state index contributed by atoms with van der Waals surface area (Å²) in [5, 5.41) is 2.86. The van der Waals surface area contributed by atoms with Gasteiger partial charge < -0.3 is 10.2 Å². The first-order valence-electron chi connectivity index (χ1n) is 5.56. The van der Waals surface area contributed by atoms with Crippen molar-refractivity contribution in [1.29, 1.82) is 0 Å². The molecule has 0 aromatic carbocycles. The number of aryl methyl sites for hydroxylation is 1. The van der Waals surface area contributed by atoms with Gasteiger partial charge >= 0.3 is 0 Å². The third kappa shape index (κ3) is 1.98. The van der Waals surface area contributed by atoms with E-state index in [0.29, 0.717) is 12.5 Å². The van der Waals surface area contributed by atoms with E-state index in [2.05, 4.69) is 15.3 Å². The Morgan fingerprint density at radius 3 is 3.12 bits per heavy atom. The lowest BCUT2D eigenvalue weighted by atomic mass is 10.1. The molecule has 0 saturated carbocycles. The van der Waals surface area contributed by atoms with Crippen molar-refractivity contribution in [1.82, 2.24) is 15.3 Å². The molecule has 0 aliphatic carbocycles. The summed E-state index contributed by atoms with van der Waals surface area (Å²) in [7, 11) is 0. The molecule has 0 unspecified atom stereocenters. The summed E-state index contributed by atoms with van der Waals surface area (Å²) >= 11 is 0. The van der Waals surface area contributed by atoms with Gasteiger partial charge in [-0.2, -0.15) is 0 Å². The Bertz CT molecular complexity index is 393. The highest BCUT2D eigenvalue weighted by molar-refractivity contribution is 5.85. The maximum absolute atomic E-state index is 11.7. The van der Waals surface area contributed by atoms with Crippen LogP contribution >= 0.6 is 0 Å². The second kappa shape index (κ2) is 4.47. The Kier molecular flexibility index (Phi) is 3.03. The minimum Gasteiger partial charge on any atom is -0.353 e. The first-order valence-corrected chi connectivity index (χ1v) is 5.56. The predicted octanol–water partition coefficient (Wildman–Crippen LogP) is 0.500. The molecular formula is C11H16N4O. The second-order valence-corrected chi connectivity index (χ2v) is 3.91. The van der Waals surface area contributed by atoms with Gasteiger partial charge in [0.25, 0.3) is 0 Å². The van der Waals surface area contributed by atoms with Crippen molar-refractivity contribution in [2.45, 2.75) is 26.3 Å². The number of nitrogens with one attached hydrogen (secondary N) is 1. The van der Waals surface area contributed by atoms with Crippen LogP contribution in [-0.2, 0) is 4.79 Å². The lowest BCUT2D eigenvalue weighted by Gasteiger charge is -2.34. The van der Waals surface area contributed by atoms with Crippen LogP contribution in [0.1, 0.15) is 19.0 Å². The van der Waals surface area contributed by atoms with Gasteiger partial charge in [0.2, 0.25) is 11.9 Å². The topological polar surface area (TPSA) is 58.1 Å². The van der Waals surface area contributed by atoms with Crippen LogP contribution in [0, 0.1) is 6.92 Å². The van der Waals surface area contributed by atoms with Gasteiger partial charge in [0, 0.05) is 25.0 Å². The predicted molar refractivity (Wildman–Crippen MR) is 61.2 cm³/mol. The van der Waals surface area contributed by atoms with E-state index >= 15 is 0 Å².